The summed E-state index contributed by atoms with van der Waals surface area (Å²) >= 11 is 3.38. The second-order valence-corrected chi connectivity index (χ2v) is 7.77. The highest BCUT2D eigenvalue weighted by Crippen LogP contribution is 2.19. The third kappa shape index (κ3) is 6.26. The maximum atomic E-state index is 12.4. The second-order valence-electron chi connectivity index (χ2n) is 6.85. The summed E-state index contributed by atoms with van der Waals surface area (Å²) in [6, 6.07) is 15.7. The molecule has 1 aliphatic rings. The molecule has 0 aliphatic heterocycles. The van der Waals surface area contributed by atoms with Crippen molar-refractivity contribution in [3.8, 4) is 5.75 Å². The number of carbonyl (C=O) groups excluding carboxylic acids is 1. The number of ether oxygens (including phenoxy) is 1. The normalized spacial score (nSPS) is 13.6. The Hall–Kier alpha value is -1.65. The lowest BCUT2D eigenvalue weighted by molar-refractivity contribution is 0.103. The number of rotatable bonds is 11. The topological polar surface area (TPSA) is 38.3 Å². The quantitative estimate of drug-likeness (QED) is 0.395. The number of hydrogen-bond donors (Lipinski definition) is 1. The number of carbonyl (C=O) groups is 1. The summed E-state index contributed by atoms with van der Waals surface area (Å²) in [5.41, 5.74) is 1.38. The van der Waals surface area contributed by atoms with Gasteiger partial charge in [0.2, 0.25) is 0 Å². The first-order valence-electron chi connectivity index (χ1n) is 9.49. The molecule has 3 rings (SSSR count). The van der Waals surface area contributed by atoms with Crippen LogP contribution in [-0.2, 0) is 0 Å². The highest BCUT2D eigenvalue weighted by Gasteiger charge is 2.19. The van der Waals surface area contributed by atoms with Gasteiger partial charge in [-0.2, -0.15) is 0 Å². The van der Waals surface area contributed by atoms with Gasteiger partial charge in [0.1, 0.15) is 5.75 Å². The van der Waals surface area contributed by atoms with Crippen LogP contribution in [0.2, 0.25) is 0 Å². The van der Waals surface area contributed by atoms with Gasteiger partial charge in [-0.15, -0.1) is 0 Å². The van der Waals surface area contributed by atoms with E-state index in [0.29, 0.717) is 11.1 Å². The number of hydrogen-bond acceptors (Lipinski definition) is 3. The SMILES string of the molecule is O=C(c1ccc(Br)cc1)c1ccc(OCCCCCCNC2CC2)cc1. The van der Waals surface area contributed by atoms with Crippen LogP contribution < -0.4 is 10.1 Å². The van der Waals surface area contributed by atoms with Crippen LogP contribution in [-0.4, -0.2) is 25.0 Å². The predicted molar refractivity (Wildman–Crippen MR) is 109 cm³/mol. The van der Waals surface area contributed by atoms with E-state index < -0.39 is 0 Å². The summed E-state index contributed by atoms with van der Waals surface area (Å²) in [6.45, 7) is 1.88. The molecule has 0 atom stereocenters. The second kappa shape index (κ2) is 9.89. The van der Waals surface area contributed by atoms with Crippen LogP contribution in [0.25, 0.3) is 0 Å². The molecule has 1 saturated carbocycles. The maximum absolute atomic E-state index is 12.4. The van der Waals surface area contributed by atoms with Crippen molar-refractivity contribution >= 4 is 21.7 Å². The molecule has 0 bridgehead atoms. The predicted octanol–water partition coefficient (Wildman–Crippen LogP) is 5.37. The molecule has 0 unspecified atom stereocenters. The zero-order valence-electron chi connectivity index (χ0n) is 15.0. The van der Waals surface area contributed by atoms with Crippen molar-refractivity contribution < 1.29 is 9.53 Å². The molecule has 138 valence electrons. The van der Waals surface area contributed by atoms with E-state index in [9.17, 15) is 4.79 Å². The molecule has 0 amide bonds. The summed E-state index contributed by atoms with van der Waals surface area (Å²) < 4.78 is 6.75. The summed E-state index contributed by atoms with van der Waals surface area (Å²) in [5, 5.41) is 3.54. The lowest BCUT2D eigenvalue weighted by atomic mass is 10.0. The van der Waals surface area contributed by atoms with Gasteiger partial charge in [-0.25, -0.2) is 0 Å². The Bertz CT molecular complexity index is 693. The molecule has 0 saturated heterocycles. The highest BCUT2D eigenvalue weighted by molar-refractivity contribution is 9.10. The minimum Gasteiger partial charge on any atom is -0.494 e. The summed E-state index contributed by atoms with van der Waals surface area (Å²) in [4.78, 5) is 12.4. The standard InChI is InChI=1S/C22H26BrNO2/c23-19-9-5-17(6-10-19)22(25)18-7-13-21(14-8-18)26-16-4-2-1-3-15-24-20-11-12-20/h5-10,13-14,20,24H,1-4,11-12,15-16H2. The zero-order valence-corrected chi connectivity index (χ0v) is 16.6. The van der Waals surface area contributed by atoms with Crippen molar-refractivity contribution in [2.24, 2.45) is 0 Å². The van der Waals surface area contributed by atoms with Gasteiger partial charge in [-0.3, -0.25) is 4.79 Å². The van der Waals surface area contributed by atoms with Gasteiger partial charge in [0.25, 0.3) is 0 Å². The largest absolute Gasteiger partial charge is 0.494 e. The van der Waals surface area contributed by atoms with Crippen LogP contribution in [0.15, 0.2) is 53.0 Å². The van der Waals surface area contributed by atoms with Gasteiger partial charge >= 0.3 is 0 Å². The summed E-state index contributed by atoms with van der Waals surface area (Å²) in [5.74, 6) is 0.858. The first kappa shape index (κ1) is 19.1. The fourth-order valence-corrected chi connectivity index (χ4v) is 3.10. The third-order valence-corrected chi connectivity index (χ3v) is 5.10. The molecule has 1 N–H and O–H groups in total. The Balaban J connectivity index is 1.34. The Morgan fingerprint density at radius 2 is 1.54 bits per heavy atom. The van der Waals surface area contributed by atoms with Crippen molar-refractivity contribution in [1.29, 1.82) is 0 Å². The number of ketones is 1. The molecule has 0 spiro atoms. The fourth-order valence-electron chi connectivity index (χ4n) is 2.83. The molecular weight excluding hydrogens is 390 g/mol. The van der Waals surface area contributed by atoms with E-state index >= 15 is 0 Å². The van der Waals surface area contributed by atoms with E-state index in [1.807, 2.05) is 48.5 Å². The van der Waals surface area contributed by atoms with Gasteiger partial charge in [0.15, 0.2) is 5.78 Å². The van der Waals surface area contributed by atoms with Crippen LogP contribution in [0.4, 0.5) is 0 Å². The van der Waals surface area contributed by atoms with Crippen LogP contribution in [0.1, 0.15) is 54.4 Å². The van der Waals surface area contributed by atoms with Crippen LogP contribution >= 0.6 is 15.9 Å². The smallest absolute Gasteiger partial charge is 0.193 e. The van der Waals surface area contributed by atoms with E-state index in [4.69, 9.17) is 4.74 Å². The summed E-state index contributed by atoms with van der Waals surface area (Å²) in [6.07, 6.45) is 7.51. The molecule has 26 heavy (non-hydrogen) atoms. The number of unbranched alkanes of at least 4 members (excludes halogenated alkanes) is 3. The van der Waals surface area contributed by atoms with Crippen molar-refractivity contribution in [3.63, 3.8) is 0 Å². The highest BCUT2D eigenvalue weighted by atomic mass is 79.9. The zero-order chi connectivity index (χ0) is 18.2. The number of benzene rings is 2. The minimum absolute atomic E-state index is 0.0313. The fraction of sp³-hybridized carbons (Fsp3) is 0.409. The minimum atomic E-state index is 0.0313. The average Bonchev–Trinajstić information content (AvgIpc) is 3.49. The van der Waals surface area contributed by atoms with Crippen LogP contribution in [0, 0.1) is 0 Å². The third-order valence-electron chi connectivity index (χ3n) is 4.57. The molecule has 1 fully saturated rings. The van der Waals surface area contributed by atoms with Crippen molar-refractivity contribution in [2.45, 2.75) is 44.6 Å². The van der Waals surface area contributed by atoms with Crippen LogP contribution in [0.3, 0.4) is 0 Å². The van der Waals surface area contributed by atoms with Gasteiger partial charge in [-0.05, 0) is 80.8 Å². The molecule has 0 radical (unpaired) electrons. The molecule has 4 heteroatoms. The number of halogens is 1. The number of nitrogens with one attached hydrogen (secondary N) is 1. The van der Waals surface area contributed by atoms with E-state index in [1.165, 1.54) is 32.1 Å². The van der Waals surface area contributed by atoms with Gasteiger partial charge in [0, 0.05) is 21.6 Å². The van der Waals surface area contributed by atoms with Crippen molar-refractivity contribution in [3.05, 3.63) is 64.1 Å². The summed E-state index contributed by atoms with van der Waals surface area (Å²) in [7, 11) is 0. The molecular formula is C22H26BrNO2. The van der Waals surface area contributed by atoms with E-state index in [-0.39, 0.29) is 5.78 Å². The lowest BCUT2D eigenvalue weighted by Crippen LogP contribution is -2.17. The van der Waals surface area contributed by atoms with Gasteiger partial charge < -0.3 is 10.1 Å². The first-order chi connectivity index (χ1) is 12.7. The molecule has 1 aliphatic carbocycles. The van der Waals surface area contributed by atoms with E-state index in [2.05, 4.69) is 21.2 Å². The molecule has 0 aromatic heterocycles. The average molecular weight is 416 g/mol. The van der Waals surface area contributed by atoms with Gasteiger partial charge in [0.05, 0.1) is 6.61 Å². The maximum Gasteiger partial charge on any atom is 0.193 e. The molecule has 2 aromatic carbocycles. The Kier molecular flexibility index (Phi) is 7.27. The monoisotopic (exact) mass is 415 g/mol. The van der Waals surface area contributed by atoms with Crippen LogP contribution in [0.5, 0.6) is 5.75 Å². The molecule has 0 heterocycles. The Labute approximate surface area is 164 Å². The lowest BCUT2D eigenvalue weighted by Gasteiger charge is -2.07. The van der Waals surface area contributed by atoms with Gasteiger partial charge in [-0.1, -0.05) is 28.8 Å². The van der Waals surface area contributed by atoms with Crippen molar-refractivity contribution in [2.75, 3.05) is 13.2 Å². The molecule has 2 aromatic rings. The first-order valence-corrected chi connectivity index (χ1v) is 10.3. The Morgan fingerprint density at radius 1 is 0.923 bits per heavy atom. The molecule has 3 nitrogen and oxygen atoms in total. The Morgan fingerprint density at radius 3 is 2.19 bits per heavy atom. The van der Waals surface area contributed by atoms with Crippen molar-refractivity contribution in [1.82, 2.24) is 5.32 Å². The van der Waals surface area contributed by atoms with E-state index in [0.717, 1.165) is 35.8 Å². The van der Waals surface area contributed by atoms with E-state index in [1.54, 1.807) is 0 Å².